The zero-order valence-corrected chi connectivity index (χ0v) is 19.8. The number of nitrogens with two attached hydrogens (primary N) is 1. The summed E-state index contributed by atoms with van der Waals surface area (Å²) in [5, 5.41) is 25.8. The minimum absolute atomic E-state index is 0.0946. The summed E-state index contributed by atoms with van der Waals surface area (Å²) < 4.78 is 0. The summed E-state index contributed by atoms with van der Waals surface area (Å²) >= 11 is 0. The number of unbranched alkanes of at least 4 members (excludes halogenated alkanes) is 1. The van der Waals surface area contributed by atoms with Crippen LogP contribution in [0, 0.1) is 0 Å². The van der Waals surface area contributed by atoms with E-state index in [1.807, 2.05) is 0 Å². The van der Waals surface area contributed by atoms with Crippen molar-refractivity contribution in [2.24, 2.45) is 5.73 Å². The molecule has 36 heavy (non-hydrogen) atoms. The van der Waals surface area contributed by atoms with Crippen LogP contribution in [0.25, 0.3) is 11.1 Å². The number of carboxylic acid groups (broad SMARTS) is 2. The van der Waals surface area contributed by atoms with Gasteiger partial charge in [-0.2, -0.15) is 0 Å². The molecule has 0 unspecified atom stereocenters. The number of hydrogen-bond acceptors (Lipinski definition) is 6. The maximum atomic E-state index is 12.9. The van der Waals surface area contributed by atoms with E-state index in [0.717, 1.165) is 0 Å². The second kappa shape index (κ2) is 13.6. The third-order valence-electron chi connectivity index (χ3n) is 5.24. The predicted molar refractivity (Wildman–Crippen MR) is 132 cm³/mol. The molecule has 2 atom stereocenters. The second-order valence-electron chi connectivity index (χ2n) is 8.12. The molecular formula is C25H30N4O7. The van der Waals surface area contributed by atoms with Gasteiger partial charge in [-0.15, -0.1) is 0 Å². The summed E-state index contributed by atoms with van der Waals surface area (Å²) in [6, 6.07) is 10.8. The maximum Gasteiger partial charge on any atom is 0.326 e. The lowest BCUT2D eigenvalue weighted by molar-refractivity contribution is -0.145. The quantitative estimate of drug-likeness (QED) is 0.224. The van der Waals surface area contributed by atoms with Crippen molar-refractivity contribution in [3.63, 3.8) is 0 Å². The molecule has 0 radical (unpaired) electrons. The second-order valence-corrected chi connectivity index (χ2v) is 8.12. The number of carbonyl (C=O) groups excluding carboxylic acids is 3. The van der Waals surface area contributed by atoms with Crippen LogP contribution in [-0.4, -0.2) is 58.5 Å². The fourth-order valence-electron chi connectivity index (χ4n) is 3.52. The average molecular weight is 499 g/mol. The van der Waals surface area contributed by atoms with Gasteiger partial charge in [0.2, 0.25) is 11.8 Å². The number of benzene rings is 2. The van der Waals surface area contributed by atoms with Crippen LogP contribution in [0.15, 0.2) is 48.5 Å². The molecule has 2 aromatic rings. The van der Waals surface area contributed by atoms with Gasteiger partial charge in [0.05, 0.1) is 6.42 Å². The fourth-order valence-corrected chi connectivity index (χ4v) is 3.52. The molecule has 0 fully saturated rings. The molecule has 0 heterocycles. The number of anilines is 1. The van der Waals surface area contributed by atoms with E-state index in [-0.39, 0.29) is 11.5 Å². The van der Waals surface area contributed by atoms with Crippen LogP contribution in [0.5, 0.6) is 0 Å². The van der Waals surface area contributed by atoms with Crippen LogP contribution in [0.3, 0.4) is 0 Å². The van der Waals surface area contributed by atoms with Gasteiger partial charge < -0.3 is 31.9 Å². The molecule has 0 aliphatic carbocycles. The van der Waals surface area contributed by atoms with E-state index >= 15 is 0 Å². The van der Waals surface area contributed by atoms with E-state index < -0.39 is 42.3 Å². The summed E-state index contributed by atoms with van der Waals surface area (Å²) in [5.74, 6) is -4.42. The minimum Gasteiger partial charge on any atom is -0.481 e. The molecule has 0 saturated heterocycles. The first-order chi connectivity index (χ1) is 17.1. The van der Waals surface area contributed by atoms with Crippen LogP contribution in [0.2, 0.25) is 0 Å². The lowest BCUT2D eigenvalue weighted by Gasteiger charge is -2.19. The van der Waals surface area contributed by atoms with Gasteiger partial charge in [-0.25, -0.2) is 4.79 Å². The largest absolute Gasteiger partial charge is 0.481 e. The standard InChI is InChI=1S/C25H30N4O7/c1-15(30)27-20(9-5-6-12-26)24(34)28-17-10-11-18(19(13-17)16-7-3-2-4-8-16)23(33)29-21(25(35)36)14-22(31)32/h2-4,7-8,10-11,13,20-21H,5-6,9,12,14,26H2,1H3,(H,27,30)(H,28,34)(H,29,33)(H,31,32)(H,35,36)/t20-,21-/m0/s1. The molecule has 0 aromatic heterocycles. The van der Waals surface area contributed by atoms with Crippen LogP contribution < -0.4 is 21.7 Å². The van der Waals surface area contributed by atoms with Crippen LogP contribution in [0.4, 0.5) is 5.69 Å². The van der Waals surface area contributed by atoms with Crippen LogP contribution in [-0.2, 0) is 19.2 Å². The Kier molecular flexibility index (Phi) is 10.6. The zero-order chi connectivity index (χ0) is 26.7. The Morgan fingerprint density at radius 3 is 2.19 bits per heavy atom. The van der Waals surface area contributed by atoms with Crippen molar-refractivity contribution < 1.29 is 34.2 Å². The summed E-state index contributed by atoms with van der Waals surface area (Å²) in [6.07, 6.45) is 0.953. The Balaban J connectivity index is 2.36. The van der Waals surface area contributed by atoms with Crippen molar-refractivity contribution in [1.82, 2.24) is 10.6 Å². The molecule has 0 aliphatic heterocycles. The Morgan fingerprint density at radius 2 is 1.61 bits per heavy atom. The number of aliphatic carboxylic acids is 2. The van der Waals surface area contributed by atoms with Crippen molar-refractivity contribution in [2.45, 2.75) is 44.7 Å². The molecule has 11 nitrogen and oxygen atoms in total. The van der Waals surface area contributed by atoms with E-state index in [4.69, 9.17) is 10.8 Å². The fraction of sp³-hybridized carbons (Fsp3) is 0.320. The number of carboxylic acids is 2. The number of hydrogen-bond donors (Lipinski definition) is 6. The van der Waals surface area contributed by atoms with E-state index in [1.165, 1.54) is 19.1 Å². The zero-order valence-electron chi connectivity index (χ0n) is 19.8. The molecule has 2 rings (SSSR count). The molecule has 0 spiro atoms. The number of rotatable bonds is 13. The lowest BCUT2D eigenvalue weighted by atomic mass is 9.97. The Morgan fingerprint density at radius 1 is 0.917 bits per heavy atom. The Labute approximate surface area is 208 Å². The smallest absolute Gasteiger partial charge is 0.326 e. The SMILES string of the molecule is CC(=O)N[C@@H](CCCCN)C(=O)Nc1ccc(C(=O)N[C@@H](CC(=O)O)C(=O)O)c(-c2ccccc2)c1. The van der Waals surface area contributed by atoms with Crippen LogP contribution >= 0.6 is 0 Å². The molecule has 192 valence electrons. The van der Waals surface area contributed by atoms with E-state index in [1.54, 1.807) is 36.4 Å². The van der Waals surface area contributed by atoms with Gasteiger partial charge >= 0.3 is 11.9 Å². The van der Waals surface area contributed by atoms with Gasteiger partial charge in [0.15, 0.2) is 0 Å². The molecule has 0 saturated carbocycles. The maximum absolute atomic E-state index is 12.9. The van der Waals surface area contributed by atoms with Crippen LogP contribution in [0.1, 0.15) is 43.0 Å². The van der Waals surface area contributed by atoms with Crippen molar-refractivity contribution in [3.05, 3.63) is 54.1 Å². The molecule has 11 heteroatoms. The van der Waals surface area contributed by atoms with E-state index in [0.29, 0.717) is 42.6 Å². The number of amides is 3. The normalized spacial score (nSPS) is 12.2. The first kappa shape index (κ1) is 28.0. The van der Waals surface area contributed by atoms with Crippen molar-refractivity contribution in [1.29, 1.82) is 0 Å². The molecule has 2 aromatic carbocycles. The first-order valence-corrected chi connectivity index (χ1v) is 11.3. The highest BCUT2D eigenvalue weighted by molar-refractivity contribution is 6.04. The molecule has 7 N–H and O–H groups in total. The molecule has 0 bridgehead atoms. The highest BCUT2D eigenvalue weighted by Crippen LogP contribution is 2.27. The topological polar surface area (TPSA) is 188 Å². The molecule has 0 aliphatic rings. The minimum atomic E-state index is -1.62. The van der Waals surface area contributed by atoms with E-state index in [9.17, 15) is 29.1 Å². The van der Waals surface area contributed by atoms with Crippen molar-refractivity contribution in [2.75, 3.05) is 11.9 Å². The number of nitrogens with one attached hydrogen (secondary N) is 3. The summed E-state index contributed by atoms with van der Waals surface area (Å²) in [4.78, 5) is 59.8. The highest BCUT2D eigenvalue weighted by atomic mass is 16.4. The average Bonchev–Trinajstić information content (AvgIpc) is 2.83. The Hall–Kier alpha value is -4.25. The van der Waals surface area contributed by atoms with Crippen molar-refractivity contribution >= 4 is 35.3 Å². The van der Waals surface area contributed by atoms with Gasteiger partial charge in [0.25, 0.3) is 5.91 Å². The first-order valence-electron chi connectivity index (χ1n) is 11.3. The lowest BCUT2D eigenvalue weighted by Crippen LogP contribution is -2.43. The van der Waals surface area contributed by atoms with Crippen molar-refractivity contribution in [3.8, 4) is 11.1 Å². The highest BCUT2D eigenvalue weighted by Gasteiger charge is 2.25. The van der Waals surface area contributed by atoms with Gasteiger partial charge in [0.1, 0.15) is 12.1 Å². The van der Waals surface area contributed by atoms with E-state index in [2.05, 4.69) is 16.0 Å². The monoisotopic (exact) mass is 498 g/mol. The van der Waals surface area contributed by atoms with Gasteiger partial charge in [-0.1, -0.05) is 30.3 Å². The number of carbonyl (C=O) groups is 5. The summed E-state index contributed by atoms with van der Waals surface area (Å²) in [7, 11) is 0. The van der Waals surface area contributed by atoms with Gasteiger partial charge in [-0.05, 0) is 55.1 Å². The van der Waals surface area contributed by atoms with Gasteiger partial charge in [0, 0.05) is 18.2 Å². The molecular weight excluding hydrogens is 468 g/mol. The summed E-state index contributed by atoms with van der Waals surface area (Å²) in [6.45, 7) is 1.78. The molecule has 3 amide bonds. The Bertz CT molecular complexity index is 1100. The third kappa shape index (κ3) is 8.51. The van der Waals surface area contributed by atoms with Gasteiger partial charge in [-0.3, -0.25) is 19.2 Å². The third-order valence-corrected chi connectivity index (χ3v) is 5.24. The predicted octanol–water partition coefficient (Wildman–Crippen LogP) is 1.58. The summed E-state index contributed by atoms with van der Waals surface area (Å²) in [5.41, 5.74) is 6.97.